The van der Waals surface area contributed by atoms with Crippen LogP contribution >= 0.6 is 11.3 Å². The molecule has 0 aliphatic heterocycles. The minimum Gasteiger partial charge on any atom is -0.469 e. The van der Waals surface area contributed by atoms with Crippen molar-refractivity contribution in [2.24, 2.45) is 5.92 Å². The number of thiazole rings is 1. The zero-order chi connectivity index (χ0) is 14.5. The van der Waals surface area contributed by atoms with Crippen LogP contribution in [0.1, 0.15) is 57.7 Å². The molecule has 1 heterocycles. The molecule has 0 N–H and O–H groups in total. The van der Waals surface area contributed by atoms with Crippen LogP contribution in [0, 0.1) is 5.92 Å². The summed E-state index contributed by atoms with van der Waals surface area (Å²) in [6.07, 6.45) is 3.73. The van der Waals surface area contributed by atoms with Crippen LogP contribution < -0.4 is 0 Å². The Morgan fingerprint density at radius 1 is 1.47 bits per heavy atom. The quantitative estimate of drug-likeness (QED) is 0.742. The van der Waals surface area contributed by atoms with Gasteiger partial charge in [-0.15, -0.1) is 11.3 Å². The lowest BCUT2D eigenvalue weighted by atomic mass is 9.93. The molecular formula is C15H25NO2S. The number of ether oxygens (including phenoxy) is 1. The van der Waals surface area contributed by atoms with Crippen molar-refractivity contribution in [3.8, 4) is 0 Å². The lowest BCUT2D eigenvalue weighted by Gasteiger charge is -2.15. The third-order valence-corrected chi connectivity index (χ3v) is 4.05. The smallest absolute Gasteiger partial charge is 0.309 e. The van der Waals surface area contributed by atoms with E-state index in [-0.39, 0.29) is 17.3 Å². The van der Waals surface area contributed by atoms with Crippen LogP contribution in [-0.2, 0) is 21.4 Å². The van der Waals surface area contributed by atoms with Crippen molar-refractivity contribution < 1.29 is 9.53 Å². The highest BCUT2D eigenvalue weighted by Gasteiger charge is 2.23. The van der Waals surface area contributed by atoms with Crippen LogP contribution in [0.3, 0.4) is 0 Å². The SMILES string of the molecule is CCCCC(Cc1nc(C(C)(C)C)cs1)C(=O)OC. The Labute approximate surface area is 120 Å². The molecular weight excluding hydrogens is 258 g/mol. The third kappa shape index (κ3) is 4.94. The van der Waals surface area contributed by atoms with Gasteiger partial charge >= 0.3 is 5.97 Å². The van der Waals surface area contributed by atoms with Gasteiger partial charge in [-0.2, -0.15) is 0 Å². The first-order valence-electron chi connectivity index (χ1n) is 6.91. The Bertz CT molecular complexity index is 407. The summed E-state index contributed by atoms with van der Waals surface area (Å²) >= 11 is 1.65. The summed E-state index contributed by atoms with van der Waals surface area (Å²) in [5.74, 6) is -0.162. The second-order valence-corrected chi connectivity index (χ2v) is 6.89. The summed E-state index contributed by atoms with van der Waals surface area (Å²) in [5.41, 5.74) is 1.17. The summed E-state index contributed by atoms with van der Waals surface area (Å²) in [6, 6.07) is 0. The highest BCUT2D eigenvalue weighted by atomic mass is 32.1. The summed E-state index contributed by atoms with van der Waals surface area (Å²) in [5, 5.41) is 3.14. The van der Waals surface area contributed by atoms with E-state index in [2.05, 4.69) is 38.1 Å². The normalized spacial score (nSPS) is 13.3. The second kappa shape index (κ2) is 7.04. The molecule has 1 atom stereocenters. The Morgan fingerprint density at radius 2 is 2.16 bits per heavy atom. The van der Waals surface area contributed by atoms with E-state index in [4.69, 9.17) is 4.74 Å². The summed E-state index contributed by atoms with van der Waals surface area (Å²) < 4.78 is 4.89. The first-order chi connectivity index (χ1) is 8.88. The van der Waals surface area contributed by atoms with Crippen molar-refractivity contribution in [1.29, 1.82) is 0 Å². The Morgan fingerprint density at radius 3 is 2.63 bits per heavy atom. The van der Waals surface area contributed by atoms with Gasteiger partial charge in [0.1, 0.15) is 0 Å². The predicted octanol–water partition coefficient (Wildman–Crippen LogP) is 3.96. The molecule has 0 aliphatic carbocycles. The molecule has 0 radical (unpaired) electrons. The van der Waals surface area contributed by atoms with Crippen LogP contribution in [0.4, 0.5) is 0 Å². The van der Waals surface area contributed by atoms with Gasteiger partial charge in [0.15, 0.2) is 0 Å². The highest BCUT2D eigenvalue weighted by Crippen LogP contribution is 2.26. The molecule has 0 amide bonds. The number of methoxy groups -OCH3 is 1. The zero-order valence-electron chi connectivity index (χ0n) is 12.7. The van der Waals surface area contributed by atoms with Crippen molar-refractivity contribution in [2.45, 2.75) is 58.8 Å². The van der Waals surface area contributed by atoms with Crippen LogP contribution in [0.15, 0.2) is 5.38 Å². The van der Waals surface area contributed by atoms with Crippen molar-refractivity contribution in [2.75, 3.05) is 7.11 Å². The number of esters is 1. The number of hydrogen-bond donors (Lipinski definition) is 0. The van der Waals surface area contributed by atoms with E-state index >= 15 is 0 Å². The maximum Gasteiger partial charge on any atom is 0.309 e. The molecule has 3 nitrogen and oxygen atoms in total. The molecule has 19 heavy (non-hydrogen) atoms. The average Bonchev–Trinajstić information content (AvgIpc) is 2.81. The zero-order valence-corrected chi connectivity index (χ0v) is 13.5. The minimum atomic E-state index is -0.110. The number of hydrogen-bond acceptors (Lipinski definition) is 4. The van der Waals surface area contributed by atoms with E-state index in [0.29, 0.717) is 6.42 Å². The molecule has 0 bridgehead atoms. The van der Waals surface area contributed by atoms with E-state index in [9.17, 15) is 4.79 Å². The fraction of sp³-hybridized carbons (Fsp3) is 0.733. The number of carbonyl (C=O) groups is 1. The summed E-state index contributed by atoms with van der Waals surface area (Å²) in [4.78, 5) is 16.4. The van der Waals surface area contributed by atoms with E-state index < -0.39 is 0 Å². The van der Waals surface area contributed by atoms with Gasteiger partial charge in [0.05, 0.1) is 23.7 Å². The lowest BCUT2D eigenvalue weighted by molar-refractivity contribution is -0.145. The molecule has 0 aromatic carbocycles. The van der Waals surface area contributed by atoms with Gasteiger partial charge in [0.25, 0.3) is 0 Å². The predicted molar refractivity (Wildman–Crippen MR) is 79.5 cm³/mol. The number of nitrogens with zero attached hydrogens (tertiary/aromatic N) is 1. The lowest BCUT2D eigenvalue weighted by Crippen LogP contribution is -2.19. The molecule has 0 aliphatic rings. The van der Waals surface area contributed by atoms with Gasteiger partial charge in [-0.05, 0) is 6.42 Å². The van der Waals surface area contributed by atoms with Gasteiger partial charge < -0.3 is 4.74 Å². The second-order valence-electron chi connectivity index (χ2n) is 5.94. The Kier molecular flexibility index (Phi) is 5.98. The average molecular weight is 283 g/mol. The van der Waals surface area contributed by atoms with E-state index in [1.807, 2.05) is 0 Å². The van der Waals surface area contributed by atoms with Gasteiger partial charge in [-0.3, -0.25) is 4.79 Å². The third-order valence-electron chi connectivity index (χ3n) is 3.18. The van der Waals surface area contributed by atoms with Crippen molar-refractivity contribution in [3.63, 3.8) is 0 Å². The maximum atomic E-state index is 11.8. The van der Waals surface area contributed by atoms with Gasteiger partial charge in [-0.25, -0.2) is 4.98 Å². The molecule has 1 rings (SSSR count). The molecule has 0 saturated heterocycles. The number of carbonyl (C=O) groups excluding carboxylic acids is 1. The number of rotatable bonds is 6. The molecule has 4 heteroatoms. The van der Waals surface area contributed by atoms with Crippen LogP contribution in [0.25, 0.3) is 0 Å². The van der Waals surface area contributed by atoms with Crippen molar-refractivity contribution in [3.05, 3.63) is 16.1 Å². The molecule has 1 aromatic rings. The van der Waals surface area contributed by atoms with Crippen LogP contribution in [-0.4, -0.2) is 18.1 Å². The molecule has 1 aromatic heterocycles. The summed E-state index contributed by atoms with van der Waals surface area (Å²) in [6.45, 7) is 8.59. The van der Waals surface area contributed by atoms with E-state index in [1.54, 1.807) is 11.3 Å². The number of unbranched alkanes of at least 4 members (excludes halogenated alkanes) is 1. The summed E-state index contributed by atoms with van der Waals surface area (Å²) in [7, 11) is 1.46. The minimum absolute atomic E-state index is 0.0519. The van der Waals surface area contributed by atoms with Crippen molar-refractivity contribution in [1.82, 2.24) is 4.98 Å². The first-order valence-corrected chi connectivity index (χ1v) is 7.79. The Hall–Kier alpha value is -0.900. The van der Waals surface area contributed by atoms with Gasteiger partial charge in [0, 0.05) is 17.2 Å². The number of aromatic nitrogens is 1. The topological polar surface area (TPSA) is 39.2 Å². The van der Waals surface area contributed by atoms with Crippen molar-refractivity contribution >= 4 is 17.3 Å². The largest absolute Gasteiger partial charge is 0.469 e. The molecule has 0 spiro atoms. The van der Waals surface area contributed by atoms with Crippen LogP contribution in [0.5, 0.6) is 0 Å². The molecule has 108 valence electrons. The van der Waals surface area contributed by atoms with E-state index in [1.165, 1.54) is 7.11 Å². The maximum absolute atomic E-state index is 11.8. The molecule has 1 unspecified atom stereocenters. The standard InChI is InChI=1S/C15H25NO2S/c1-6-7-8-11(14(17)18-5)9-13-16-12(10-19-13)15(2,3)4/h10-11H,6-9H2,1-5H3. The van der Waals surface area contributed by atoms with Gasteiger partial charge in [0.2, 0.25) is 0 Å². The highest BCUT2D eigenvalue weighted by molar-refractivity contribution is 7.09. The monoisotopic (exact) mass is 283 g/mol. The van der Waals surface area contributed by atoms with Crippen LogP contribution in [0.2, 0.25) is 0 Å². The van der Waals surface area contributed by atoms with E-state index in [0.717, 1.165) is 30.0 Å². The van der Waals surface area contributed by atoms with Gasteiger partial charge in [-0.1, -0.05) is 40.5 Å². The molecule has 0 fully saturated rings. The molecule has 0 saturated carbocycles. The Balaban J connectivity index is 2.73. The first kappa shape index (κ1) is 16.2. The fourth-order valence-corrected chi connectivity index (χ4v) is 2.98. The fourth-order valence-electron chi connectivity index (χ4n) is 1.88.